The molecule has 0 saturated carbocycles. The van der Waals surface area contributed by atoms with Gasteiger partial charge in [0.05, 0.1) is 4.92 Å². The molecular formula is C19H17N5O5. The van der Waals surface area contributed by atoms with Gasteiger partial charge < -0.3 is 9.73 Å². The number of rotatable bonds is 7. The monoisotopic (exact) mass is 395 g/mol. The molecule has 0 bridgehead atoms. The number of nitro groups is 1. The number of aromatic nitrogens is 2. The third-order valence-electron chi connectivity index (χ3n) is 3.86. The maximum Gasteiger partial charge on any atom is 0.322 e. The molecule has 1 heterocycles. The van der Waals surface area contributed by atoms with E-state index in [2.05, 4.69) is 20.8 Å². The molecule has 10 heteroatoms. The van der Waals surface area contributed by atoms with E-state index in [1.54, 1.807) is 18.2 Å². The van der Waals surface area contributed by atoms with Crippen molar-refractivity contribution in [1.29, 1.82) is 0 Å². The van der Waals surface area contributed by atoms with Gasteiger partial charge in [0.25, 0.3) is 11.6 Å². The van der Waals surface area contributed by atoms with Crippen molar-refractivity contribution in [2.24, 2.45) is 0 Å². The van der Waals surface area contributed by atoms with E-state index >= 15 is 0 Å². The first-order valence-electron chi connectivity index (χ1n) is 8.76. The number of amides is 2. The van der Waals surface area contributed by atoms with E-state index < -0.39 is 10.8 Å². The van der Waals surface area contributed by atoms with Crippen molar-refractivity contribution in [2.75, 3.05) is 10.6 Å². The van der Waals surface area contributed by atoms with Crippen LogP contribution in [0.15, 0.2) is 52.9 Å². The van der Waals surface area contributed by atoms with Gasteiger partial charge in [0, 0.05) is 35.4 Å². The van der Waals surface area contributed by atoms with Crippen molar-refractivity contribution >= 4 is 29.2 Å². The first-order chi connectivity index (χ1) is 14.0. The molecule has 0 atom stereocenters. The van der Waals surface area contributed by atoms with Gasteiger partial charge in [0.15, 0.2) is 0 Å². The van der Waals surface area contributed by atoms with E-state index in [0.29, 0.717) is 23.2 Å². The molecule has 0 unspecified atom stereocenters. The van der Waals surface area contributed by atoms with Gasteiger partial charge in [0.2, 0.25) is 11.8 Å². The zero-order valence-corrected chi connectivity index (χ0v) is 15.4. The highest BCUT2D eigenvalue weighted by Gasteiger charge is 2.14. The molecule has 0 aliphatic carbocycles. The van der Waals surface area contributed by atoms with Crippen LogP contribution in [0.3, 0.4) is 0 Å². The Labute approximate surface area is 165 Å². The van der Waals surface area contributed by atoms with E-state index in [4.69, 9.17) is 4.42 Å². The minimum Gasteiger partial charge on any atom is -0.403 e. The number of hydrogen-bond donors (Lipinski definition) is 2. The predicted molar refractivity (Wildman–Crippen MR) is 104 cm³/mol. The summed E-state index contributed by atoms with van der Waals surface area (Å²) in [5.41, 5.74) is 1.22. The smallest absolute Gasteiger partial charge is 0.322 e. The van der Waals surface area contributed by atoms with Gasteiger partial charge in [-0.2, -0.15) is 0 Å². The number of non-ortho nitro benzene ring substituents is 1. The number of nitrogens with one attached hydrogen (secondary N) is 2. The third-order valence-corrected chi connectivity index (χ3v) is 3.86. The average Bonchev–Trinajstić information content (AvgIpc) is 3.17. The van der Waals surface area contributed by atoms with Gasteiger partial charge in [0.1, 0.15) is 0 Å². The summed E-state index contributed by atoms with van der Waals surface area (Å²) in [5, 5.41) is 23.5. The molecule has 0 spiro atoms. The summed E-state index contributed by atoms with van der Waals surface area (Å²) in [6.45, 7) is 1.90. The van der Waals surface area contributed by atoms with Crippen LogP contribution in [0, 0.1) is 10.1 Å². The van der Waals surface area contributed by atoms with Crippen LogP contribution < -0.4 is 10.6 Å². The zero-order valence-electron chi connectivity index (χ0n) is 15.4. The quantitative estimate of drug-likeness (QED) is 0.459. The van der Waals surface area contributed by atoms with Gasteiger partial charge in [-0.15, -0.1) is 5.10 Å². The lowest BCUT2D eigenvalue weighted by Gasteiger charge is -2.06. The third kappa shape index (κ3) is 5.01. The summed E-state index contributed by atoms with van der Waals surface area (Å²) < 4.78 is 5.40. The van der Waals surface area contributed by atoms with Gasteiger partial charge in [-0.3, -0.25) is 25.0 Å². The van der Waals surface area contributed by atoms with E-state index in [0.717, 1.165) is 6.42 Å². The van der Waals surface area contributed by atoms with Crippen molar-refractivity contribution in [1.82, 2.24) is 10.2 Å². The Morgan fingerprint density at radius 1 is 1.10 bits per heavy atom. The van der Waals surface area contributed by atoms with E-state index in [9.17, 15) is 19.7 Å². The molecule has 0 radical (unpaired) electrons. The zero-order chi connectivity index (χ0) is 20.8. The van der Waals surface area contributed by atoms with Crippen molar-refractivity contribution < 1.29 is 18.9 Å². The van der Waals surface area contributed by atoms with Crippen LogP contribution in [0.5, 0.6) is 0 Å². The Morgan fingerprint density at radius 2 is 1.86 bits per heavy atom. The molecule has 29 heavy (non-hydrogen) atoms. The topological polar surface area (TPSA) is 140 Å². The van der Waals surface area contributed by atoms with Crippen LogP contribution >= 0.6 is 0 Å². The summed E-state index contributed by atoms with van der Waals surface area (Å²) >= 11 is 0. The Morgan fingerprint density at radius 3 is 2.55 bits per heavy atom. The molecule has 2 amide bonds. The Balaban J connectivity index is 1.68. The summed E-state index contributed by atoms with van der Waals surface area (Å²) in [4.78, 5) is 34.3. The molecule has 1 aromatic heterocycles. The first-order valence-corrected chi connectivity index (χ1v) is 8.76. The molecule has 148 valence electrons. The van der Waals surface area contributed by atoms with Crippen LogP contribution in [0.1, 0.15) is 30.1 Å². The highest BCUT2D eigenvalue weighted by atomic mass is 16.6. The number of carbonyl (C=O) groups excluding carboxylic acids is 2. The SMILES string of the molecule is CCCC(=O)Nc1cccc(C(=O)Nc2nnc(-c3ccc([N+](=O)[O-])cc3)o2)c1. The molecular weight excluding hydrogens is 378 g/mol. The molecule has 2 N–H and O–H groups in total. The summed E-state index contributed by atoms with van der Waals surface area (Å²) in [6.07, 6.45) is 1.12. The van der Waals surface area contributed by atoms with E-state index in [-0.39, 0.29) is 23.5 Å². The van der Waals surface area contributed by atoms with Crippen LogP contribution in [-0.2, 0) is 4.79 Å². The van der Waals surface area contributed by atoms with Gasteiger partial charge in [-0.1, -0.05) is 18.1 Å². The Bertz CT molecular complexity index is 1050. The van der Waals surface area contributed by atoms with E-state index in [1.165, 1.54) is 30.3 Å². The minimum atomic E-state index is -0.512. The van der Waals surface area contributed by atoms with Crippen LogP contribution in [-0.4, -0.2) is 26.9 Å². The van der Waals surface area contributed by atoms with Crippen molar-refractivity contribution in [3.8, 4) is 11.5 Å². The van der Waals surface area contributed by atoms with Gasteiger partial charge in [-0.25, -0.2) is 0 Å². The fraction of sp³-hybridized carbons (Fsp3) is 0.158. The van der Waals surface area contributed by atoms with Crippen molar-refractivity contribution in [3.63, 3.8) is 0 Å². The summed E-state index contributed by atoms with van der Waals surface area (Å²) in [5.74, 6) is -0.513. The number of nitro benzene ring substituents is 1. The largest absolute Gasteiger partial charge is 0.403 e. The van der Waals surface area contributed by atoms with Crippen molar-refractivity contribution in [3.05, 3.63) is 64.2 Å². The minimum absolute atomic E-state index is 0.0623. The summed E-state index contributed by atoms with van der Waals surface area (Å²) in [6, 6.07) is 11.9. The molecule has 0 aliphatic heterocycles. The fourth-order valence-electron chi connectivity index (χ4n) is 2.47. The lowest BCUT2D eigenvalue weighted by Crippen LogP contribution is -2.14. The molecule has 3 aromatic rings. The van der Waals surface area contributed by atoms with Crippen molar-refractivity contribution in [2.45, 2.75) is 19.8 Å². The average molecular weight is 395 g/mol. The second kappa shape index (κ2) is 8.74. The lowest BCUT2D eigenvalue weighted by molar-refractivity contribution is -0.384. The highest BCUT2D eigenvalue weighted by Crippen LogP contribution is 2.23. The van der Waals surface area contributed by atoms with Crippen LogP contribution in [0.2, 0.25) is 0 Å². The van der Waals surface area contributed by atoms with Crippen LogP contribution in [0.25, 0.3) is 11.5 Å². The molecule has 10 nitrogen and oxygen atoms in total. The first kappa shape index (κ1) is 19.7. The maximum absolute atomic E-state index is 12.4. The number of nitrogens with zero attached hydrogens (tertiary/aromatic N) is 3. The fourth-order valence-corrected chi connectivity index (χ4v) is 2.47. The molecule has 3 rings (SSSR count). The number of carbonyl (C=O) groups is 2. The normalized spacial score (nSPS) is 10.4. The number of hydrogen-bond acceptors (Lipinski definition) is 7. The molecule has 0 fully saturated rings. The highest BCUT2D eigenvalue weighted by molar-refractivity contribution is 6.04. The predicted octanol–water partition coefficient (Wildman–Crippen LogP) is 3.64. The standard InChI is InChI=1S/C19H17N5O5/c1-2-4-16(25)20-14-6-3-5-13(11-14)17(26)21-19-23-22-18(29-19)12-7-9-15(10-8-12)24(27)28/h3,5-11H,2,4H2,1H3,(H,20,25)(H,21,23,26). The maximum atomic E-state index is 12.4. The lowest BCUT2D eigenvalue weighted by atomic mass is 10.2. The molecule has 0 saturated heterocycles. The second-order valence-electron chi connectivity index (χ2n) is 6.05. The number of benzene rings is 2. The summed E-state index contributed by atoms with van der Waals surface area (Å²) in [7, 11) is 0. The molecule has 2 aromatic carbocycles. The number of anilines is 2. The Hall–Kier alpha value is -4.08. The second-order valence-corrected chi connectivity index (χ2v) is 6.05. The Kier molecular flexibility index (Phi) is 5.93. The van der Waals surface area contributed by atoms with Gasteiger partial charge in [-0.05, 0) is 36.8 Å². The molecule has 0 aliphatic rings. The van der Waals surface area contributed by atoms with Gasteiger partial charge >= 0.3 is 6.01 Å². The van der Waals surface area contributed by atoms with E-state index in [1.807, 2.05) is 6.92 Å². The van der Waals surface area contributed by atoms with Crippen LogP contribution in [0.4, 0.5) is 17.4 Å².